The zero-order valence-corrected chi connectivity index (χ0v) is 11.9. The Morgan fingerprint density at radius 3 is 2.05 bits per heavy atom. The van der Waals surface area contributed by atoms with Gasteiger partial charge in [-0.25, -0.2) is 8.78 Å². The number of likely N-dealkylation sites (N-methyl/N-ethyl adjacent to an activating group) is 1. The third-order valence-electron chi connectivity index (χ3n) is 2.94. The average Bonchev–Trinajstić information content (AvgIpc) is 2.34. The van der Waals surface area contributed by atoms with Crippen LogP contribution in [0.4, 0.5) is 14.5 Å². The van der Waals surface area contributed by atoms with Crippen LogP contribution in [0, 0.1) is 11.6 Å². The lowest BCUT2D eigenvalue weighted by Crippen LogP contribution is -2.33. The molecular formula is C14H23F2N3. The molecule has 0 heterocycles. The van der Waals surface area contributed by atoms with Gasteiger partial charge in [0.25, 0.3) is 0 Å². The van der Waals surface area contributed by atoms with E-state index in [0.717, 1.165) is 13.0 Å². The van der Waals surface area contributed by atoms with Crippen molar-refractivity contribution < 1.29 is 8.78 Å². The summed E-state index contributed by atoms with van der Waals surface area (Å²) in [5.74, 6) is -1.07. The molecule has 0 amide bonds. The maximum atomic E-state index is 14.0. The quantitative estimate of drug-likeness (QED) is 0.825. The summed E-state index contributed by atoms with van der Waals surface area (Å²) in [7, 11) is 3.88. The van der Waals surface area contributed by atoms with Gasteiger partial charge >= 0.3 is 0 Å². The van der Waals surface area contributed by atoms with Gasteiger partial charge in [-0.15, -0.1) is 0 Å². The second-order valence-corrected chi connectivity index (χ2v) is 4.90. The molecule has 0 saturated heterocycles. The van der Waals surface area contributed by atoms with E-state index in [9.17, 15) is 8.78 Å². The molecule has 0 bridgehead atoms. The highest BCUT2D eigenvalue weighted by Crippen LogP contribution is 2.25. The van der Waals surface area contributed by atoms with E-state index in [-0.39, 0.29) is 12.2 Å². The lowest BCUT2D eigenvalue weighted by Gasteiger charge is -2.27. The van der Waals surface area contributed by atoms with E-state index < -0.39 is 11.6 Å². The van der Waals surface area contributed by atoms with Crippen LogP contribution in [0.2, 0.25) is 0 Å². The smallest absolute Gasteiger partial charge is 0.149 e. The molecule has 108 valence electrons. The van der Waals surface area contributed by atoms with E-state index in [0.29, 0.717) is 18.7 Å². The Labute approximate surface area is 114 Å². The Balaban J connectivity index is 3.01. The van der Waals surface area contributed by atoms with Gasteiger partial charge in [0, 0.05) is 26.2 Å². The van der Waals surface area contributed by atoms with Crippen molar-refractivity contribution in [3.05, 3.63) is 29.3 Å². The molecule has 1 aromatic carbocycles. The summed E-state index contributed by atoms with van der Waals surface area (Å²) in [6.07, 6.45) is 0.838. The zero-order valence-electron chi connectivity index (χ0n) is 11.9. The number of nitrogens with zero attached hydrogens (tertiary/aromatic N) is 2. The SMILES string of the molecule is CCCN(CCN(C)C)c1c(F)cc(CN)cc1F. The van der Waals surface area contributed by atoms with Gasteiger partial charge in [0.2, 0.25) is 0 Å². The van der Waals surface area contributed by atoms with Crippen molar-refractivity contribution in [1.29, 1.82) is 0 Å². The number of rotatable bonds is 7. The molecule has 5 heteroatoms. The Morgan fingerprint density at radius 2 is 1.63 bits per heavy atom. The molecule has 0 spiro atoms. The van der Waals surface area contributed by atoms with Crippen LogP contribution in [-0.4, -0.2) is 38.6 Å². The van der Waals surface area contributed by atoms with Crippen LogP contribution in [0.3, 0.4) is 0 Å². The predicted octanol–water partition coefficient (Wildman–Crippen LogP) is 2.20. The van der Waals surface area contributed by atoms with Crippen molar-refractivity contribution >= 4 is 5.69 Å². The van der Waals surface area contributed by atoms with Crippen LogP contribution in [-0.2, 0) is 6.54 Å². The Kier molecular flexibility index (Phi) is 6.18. The molecule has 0 aromatic heterocycles. The van der Waals surface area contributed by atoms with Gasteiger partial charge in [0.1, 0.15) is 17.3 Å². The Bertz CT molecular complexity index is 385. The summed E-state index contributed by atoms with van der Waals surface area (Å²) in [5, 5.41) is 0. The van der Waals surface area contributed by atoms with Gasteiger partial charge in [-0.1, -0.05) is 6.92 Å². The maximum absolute atomic E-state index is 14.0. The molecule has 2 N–H and O–H groups in total. The normalized spacial score (nSPS) is 11.1. The number of anilines is 1. The van der Waals surface area contributed by atoms with Crippen molar-refractivity contribution in [2.45, 2.75) is 19.9 Å². The standard InChI is InChI=1S/C14H23F2N3/c1-4-5-19(7-6-18(2)3)14-12(15)8-11(10-17)9-13(14)16/h8-9H,4-7,10,17H2,1-3H3. The number of hydrogen-bond acceptors (Lipinski definition) is 3. The van der Waals surface area contributed by atoms with Crippen LogP contribution in [0.5, 0.6) is 0 Å². The zero-order chi connectivity index (χ0) is 14.4. The molecule has 0 aliphatic carbocycles. The Hall–Kier alpha value is -1.20. The highest BCUT2D eigenvalue weighted by Gasteiger charge is 2.17. The molecule has 3 nitrogen and oxygen atoms in total. The fraction of sp³-hybridized carbons (Fsp3) is 0.571. The lowest BCUT2D eigenvalue weighted by atomic mass is 10.1. The molecule has 0 saturated carbocycles. The van der Waals surface area contributed by atoms with E-state index in [2.05, 4.69) is 0 Å². The van der Waals surface area contributed by atoms with Gasteiger partial charge in [-0.05, 0) is 38.2 Å². The molecule has 0 aliphatic rings. The number of halogens is 2. The summed E-state index contributed by atoms with van der Waals surface area (Å²) in [6.45, 7) is 4.10. The van der Waals surface area contributed by atoms with Gasteiger partial charge in [0.05, 0.1) is 0 Å². The summed E-state index contributed by atoms with van der Waals surface area (Å²) in [5.41, 5.74) is 5.95. The van der Waals surface area contributed by atoms with Crippen molar-refractivity contribution in [2.75, 3.05) is 38.6 Å². The predicted molar refractivity (Wildman–Crippen MR) is 75.3 cm³/mol. The van der Waals surface area contributed by atoms with E-state index in [1.165, 1.54) is 12.1 Å². The molecule has 0 atom stereocenters. The number of nitrogens with two attached hydrogens (primary N) is 1. The summed E-state index contributed by atoms with van der Waals surface area (Å²) in [4.78, 5) is 3.75. The monoisotopic (exact) mass is 271 g/mol. The van der Waals surface area contributed by atoms with E-state index in [1.54, 1.807) is 4.90 Å². The van der Waals surface area contributed by atoms with Gasteiger partial charge in [0.15, 0.2) is 0 Å². The third-order valence-corrected chi connectivity index (χ3v) is 2.94. The van der Waals surface area contributed by atoms with Crippen LogP contribution in [0.15, 0.2) is 12.1 Å². The summed E-state index contributed by atoms with van der Waals surface area (Å²) < 4.78 is 28.1. The maximum Gasteiger partial charge on any atom is 0.149 e. The van der Waals surface area contributed by atoms with Crippen molar-refractivity contribution in [3.63, 3.8) is 0 Å². The molecule has 0 fully saturated rings. The van der Waals surface area contributed by atoms with Crippen LogP contribution >= 0.6 is 0 Å². The van der Waals surface area contributed by atoms with E-state index in [1.807, 2.05) is 25.9 Å². The molecule has 0 aliphatic heterocycles. The van der Waals surface area contributed by atoms with E-state index >= 15 is 0 Å². The third kappa shape index (κ3) is 4.44. The largest absolute Gasteiger partial charge is 0.366 e. The summed E-state index contributed by atoms with van der Waals surface area (Å²) >= 11 is 0. The van der Waals surface area contributed by atoms with E-state index in [4.69, 9.17) is 5.73 Å². The molecule has 0 unspecified atom stereocenters. The van der Waals surface area contributed by atoms with Crippen molar-refractivity contribution in [2.24, 2.45) is 5.73 Å². The Morgan fingerprint density at radius 1 is 1.05 bits per heavy atom. The molecular weight excluding hydrogens is 248 g/mol. The molecule has 1 rings (SSSR count). The lowest BCUT2D eigenvalue weighted by molar-refractivity contribution is 0.410. The first-order chi connectivity index (χ1) is 8.99. The number of benzene rings is 1. The topological polar surface area (TPSA) is 32.5 Å². The second kappa shape index (κ2) is 7.40. The molecule has 1 aromatic rings. The molecule has 19 heavy (non-hydrogen) atoms. The first-order valence-electron chi connectivity index (χ1n) is 6.57. The highest BCUT2D eigenvalue weighted by molar-refractivity contribution is 5.50. The van der Waals surface area contributed by atoms with Gasteiger partial charge in [-0.2, -0.15) is 0 Å². The summed E-state index contributed by atoms with van der Waals surface area (Å²) in [6, 6.07) is 2.63. The van der Waals surface area contributed by atoms with Crippen LogP contribution in [0.1, 0.15) is 18.9 Å². The molecule has 0 radical (unpaired) electrons. The fourth-order valence-electron chi connectivity index (χ4n) is 1.96. The van der Waals surface area contributed by atoms with Gasteiger partial charge < -0.3 is 15.5 Å². The average molecular weight is 271 g/mol. The van der Waals surface area contributed by atoms with Crippen molar-refractivity contribution in [1.82, 2.24) is 4.90 Å². The minimum Gasteiger partial charge on any atom is -0.366 e. The first-order valence-corrected chi connectivity index (χ1v) is 6.57. The van der Waals surface area contributed by atoms with Crippen LogP contribution in [0.25, 0.3) is 0 Å². The van der Waals surface area contributed by atoms with Crippen molar-refractivity contribution in [3.8, 4) is 0 Å². The highest BCUT2D eigenvalue weighted by atomic mass is 19.1. The second-order valence-electron chi connectivity index (χ2n) is 4.90. The minimum atomic E-state index is -0.535. The first kappa shape index (κ1) is 15.9. The fourth-order valence-corrected chi connectivity index (χ4v) is 1.96. The van der Waals surface area contributed by atoms with Gasteiger partial charge in [-0.3, -0.25) is 0 Å². The minimum absolute atomic E-state index is 0.0564. The number of hydrogen-bond donors (Lipinski definition) is 1. The van der Waals surface area contributed by atoms with Crippen LogP contribution < -0.4 is 10.6 Å².